The van der Waals surface area contributed by atoms with Gasteiger partial charge < -0.3 is 28.6 Å². The Morgan fingerprint density at radius 3 is 1.74 bits per heavy atom. The fourth-order valence-electron chi connectivity index (χ4n) is 4.90. The number of ether oxygens (including phenoxy) is 3. The van der Waals surface area contributed by atoms with Crippen LogP contribution in [0, 0.1) is 0 Å². The molecule has 0 fully saturated rings. The quantitative estimate of drug-likeness (QED) is 0.0386. The van der Waals surface area contributed by atoms with E-state index in [4.69, 9.17) is 14.2 Å². The minimum atomic E-state index is -1.13. The van der Waals surface area contributed by atoms with Crippen LogP contribution in [-0.4, -0.2) is 75.5 Å². The molecule has 0 aromatic heterocycles. The summed E-state index contributed by atoms with van der Waals surface area (Å²) in [4.78, 5) is 36.4. The molecular formula is C35H65NO7. The summed E-state index contributed by atoms with van der Waals surface area (Å²) >= 11 is 0. The van der Waals surface area contributed by atoms with E-state index in [1.54, 1.807) is 21.1 Å². The van der Waals surface area contributed by atoms with E-state index in [1.807, 2.05) is 0 Å². The predicted octanol–water partition coefficient (Wildman–Crippen LogP) is 6.68. The Hall–Kier alpha value is -1.93. The summed E-state index contributed by atoms with van der Waals surface area (Å²) in [6, 6.07) is -0.723. The van der Waals surface area contributed by atoms with Crippen LogP contribution in [0.4, 0.5) is 0 Å². The molecule has 0 aliphatic rings. The summed E-state index contributed by atoms with van der Waals surface area (Å²) < 4.78 is 16.9. The third-order valence-electron chi connectivity index (χ3n) is 7.65. The monoisotopic (exact) mass is 611 g/mol. The summed E-state index contributed by atoms with van der Waals surface area (Å²) in [5.41, 5.74) is 0. The van der Waals surface area contributed by atoms with Crippen molar-refractivity contribution in [3.05, 3.63) is 12.2 Å². The number of allylic oxidation sites excluding steroid dienone is 2. The van der Waals surface area contributed by atoms with Crippen LogP contribution in [-0.2, 0) is 28.6 Å². The molecule has 0 aromatic rings. The highest BCUT2D eigenvalue weighted by Crippen LogP contribution is 2.13. The molecule has 0 amide bonds. The first-order valence-electron chi connectivity index (χ1n) is 17.2. The van der Waals surface area contributed by atoms with E-state index in [0.29, 0.717) is 12.8 Å². The van der Waals surface area contributed by atoms with E-state index in [0.717, 1.165) is 32.1 Å². The standard InChI is InChI=1S/C35H65NO7/c1-6-8-10-12-14-16-18-19-21-23-25-33(37)42-30-31(29-41-28-27-32(35(39)40)36(3,4)5)43-34(38)26-24-22-20-17-15-13-11-9-7-2/h17,20,31-32H,6-16,18-19,21-30H2,1-5H3/b20-17+. The molecular weight excluding hydrogens is 546 g/mol. The van der Waals surface area contributed by atoms with Gasteiger partial charge in [0, 0.05) is 19.3 Å². The predicted molar refractivity (Wildman–Crippen MR) is 171 cm³/mol. The number of carbonyl (C=O) groups excluding carboxylic acids is 3. The first kappa shape index (κ1) is 41.1. The van der Waals surface area contributed by atoms with Gasteiger partial charge in [-0.25, -0.2) is 0 Å². The van der Waals surface area contributed by atoms with Gasteiger partial charge in [-0.2, -0.15) is 0 Å². The molecule has 0 aliphatic heterocycles. The van der Waals surface area contributed by atoms with Crippen LogP contribution in [0.3, 0.4) is 0 Å². The fourth-order valence-corrected chi connectivity index (χ4v) is 4.90. The van der Waals surface area contributed by atoms with Crippen molar-refractivity contribution < 1.29 is 38.2 Å². The molecule has 8 nitrogen and oxygen atoms in total. The van der Waals surface area contributed by atoms with E-state index in [9.17, 15) is 19.5 Å². The van der Waals surface area contributed by atoms with Crippen molar-refractivity contribution in [1.82, 2.24) is 0 Å². The summed E-state index contributed by atoms with van der Waals surface area (Å²) in [5.74, 6) is -1.78. The number of carboxylic acid groups (broad SMARTS) is 1. The smallest absolute Gasteiger partial charge is 0.306 e. The SMILES string of the molecule is CCCCCC/C=C/CCCC(=O)OC(COCCC(C(=O)[O-])[N+](C)(C)C)COC(=O)CCCCCCCCCCCC. The molecule has 0 N–H and O–H groups in total. The first-order valence-corrected chi connectivity index (χ1v) is 17.2. The third kappa shape index (κ3) is 26.2. The molecule has 0 radical (unpaired) electrons. The molecule has 0 spiro atoms. The fraction of sp³-hybridized carbons (Fsp3) is 0.857. The Bertz CT molecular complexity index is 732. The minimum absolute atomic E-state index is 0.0336. The molecule has 0 bridgehead atoms. The van der Waals surface area contributed by atoms with E-state index < -0.39 is 18.1 Å². The molecule has 43 heavy (non-hydrogen) atoms. The first-order chi connectivity index (χ1) is 20.6. The summed E-state index contributed by atoms with van der Waals surface area (Å²) in [6.45, 7) is 4.56. The largest absolute Gasteiger partial charge is 0.544 e. The average molecular weight is 612 g/mol. The maximum Gasteiger partial charge on any atom is 0.306 e. The lowest BCUT2D eigenvalue weighted by Gasteiger charge is -2.34. The molecule has 252 valence electrons. The molecule has 0 saturated carbocycles. The van der Waals surface area contributed by atoms with Gasteiger partial charge in [-0.15, -0.1) is 0 Å². The Balaban J connectivity index is 4.51. The highest BCUT2D eigenvalue weighted by molar-refractivity contribution is 5.70. The highest BCUT2D eigenvalue weighted by Gasteiger charge is 2.25. The van der Waals surface area contributed by atoms with Crippen molar-refractivity contribution in [2.75, 3.05) is 41.0 Å². The Morgan fingerprint density at radius 2 is 1.19 bits per heavy atom. The Kier molecular flexibility index (Phi) is 26.4. The number of nitrogens with zero attached hydrogens (tertiary/aromatic N) is 1. The average Bonchev–Trinajstić information content (AvgIpc) is 2.94. The number of carbonyl (C=O) groups is 3. The maximum absolute atomic E-state index is 12.5. The number of hydrogen-bond acceptors (Lipinski definition) is 7. The zero-order chi connectivity index (χ0) is 32.2. The number of quaternary nitrogens is 1. The van der Waals surface area contributed by atoms with Crippen molar-refractivity contribution in [1.29, 1.82) is 0 Å². The van der Waals surface area contributed by atoms with E-state index >= 15 is 0 Å². The minimum Gasteiger partial charge on any atom is -0.544 e. The zero-order valence-corrected chi connectivity index (χ0v) is 28.4. The van der Waals surface area contributed by atoms with Crippen LogP contribution in [0.2, 0.25) is 0 Å². The summed E-state index contributed by atoms with van der Waals surface area (Å²) in [5, 5.41) is 11.5. The van der Waals surface area contributed by atoms with Crippen molar-refractivity contribution in [2.45, 2.75) is 154 Å². The molecule has 8 heteroatoms. The van der Waals surface area contributed by atoms with Crippen LogP contribution in [0.5, 0.6) is 0 Å². The lowest BCUT2D eigenvalue weighted by Crippen LogP contribution is -2.55. The molecule has 2 atom stereocenters. The van der Waals surface area contributed by atoms with E-state index in [1.165, 1.54) is 70.6 Å². The number of aliphatic carboxylic acids is 1. The zero-order valence-electron chi connectivity index (χ0n) is 28.4. The number of esters is 2. The lowest BCUT2D eigenvalue weighted by molar-refractivity contribution is -0.889. The van der Waals surface area contributed by atoms with Crippen LogP contribution < -0.4 is 5.11 Å². The molecule has 2 unspecified atom stereocenters. The number of likely N-dealkylation sites (N-methyl/N-ethyl adjacent to an activating group) is 1. The van der Waals surface area contributed by atoms with Gasteiger partial charge in [-0.3, -0.25) is 9.59 Å². The second-order valence-electron chi connectivity index (χ2n) is 12.8. The van der Waals surface area contributed by atoms with E-state index in [2.05, 4.69) is 26.0 Å². The normalized spacial score (nSPS) is 13.2. The second-order valence-corrected chi connectivity index (χ2v) is 12.8. The van der Waals surface area contributed by atoms with Gasteiger partial charge in [0.15, 0.2) is 6.10 Å². The van der Waals surface area contributed by atoms with Crippen molar-refractivity contribution in [3.8, 4) is 0 Å². The van der Waals surface area contributed by atoms with Crippen molar-refractivity contribution in [2.24, 2.45) is 0 Å². The Morgan fingerprint density at radius 1 is 0.674 bits per heavy atom. The summed E-state index contributed by atoms with van der Waals surface area (Å²) in [7, 11) is 5.38. The molecule has 0 rings (SSSR count). The van der Waals surface area contributed by atoms with Gasteiger partial charge in [-0.05, 0) is 32.1 Å². The van der Waals surface area contributed by atoms with Crippen LogP contribution in [0.15, 0.2) is 12.2 Å². The van der Waals surface area contributed by atoms with Crippen molar-refractivity contribution >= 4 is 17.9 Å². The maximum atomic E-state index is 12.5. The molecule has 0 saturated heterocycles. The second kappa shape index (κ2) is 27.6. The number of hydrogen-bond donors (Lipinski definition) is 0. The van der Waals surface area contributed by atoms with Crippen LogP contribution in [0.1, 0.15) is 142 Å². The van der Waals surface area contributed by atoms with Gasteiger partial charge in [0.2, 0.25) is 0 Å². The Labute approximate surface area is 263 Å². The van der Waals surface area contributed by atoms with Gasteiger partial charge in [0.05, 0.1) is 40.3 Å². The molecule has 0 aromatic carbocycles. The van der Waals surface area contributed by atoms with Gasteiger partial charge >= 0.3 is 11.9 Å². The van der Waals surface area contributed by atoms with Gasteiger partial charge in [0.1, 0.15) is 12.6 Å². The lowest BCUT2D eigenvalue weighted by atomic mass is 10.1. The molecule has 0 aliphatic carbocycles. The van der Waals surface area contributed by atoms with Crippen molar-refractivity contribution in [3.63, 3.8) is 0 Å². The third-order valence-corrected chi connectivity index (χ3v) is 7.65. The number of rotatable bonds is 30. The number of unbranched alkanes of at least 4 members (excludes halogenated alkanes) is 14. The van der Waals surface area contributed by atoms with Crippen LogP contribution in [0.25, 0.3) is 0 Å². The van der Waals surface area contributed by atoms with E-state index in [-0.39, 0.29) is 49.1 Å². The topological polar surface area (TPSA) is 102 Å². The number of carboxylic acids is 1. The summed E-state index contributed by atoms with van der Waals surface area (Å²) in [6.07, 6.45) is 23.9. The van der Waals surface area contributed by atoms with Gasteiger partial charge in [-0.1, -0.05) is 103 Å². The van der Waals surface area contributed by atoms with Crippen LogP contribution >= 0.6 is 0 Å². The molecule has 0 heterocycles. The highest BCUT2D eigenvalue weighted by atomic mass is 16.6. The van der Waals surface area contributed by atoms with Gasteiger partial charge in [0.25, 0.3) is 0 Å².